The van der Waals surface area contributed by atoms with Crippen molar-refractivity contribution >= 4 is 17.2 Å². The number of benzene rings is 1. The molecule has 0 aliphatic heterocycles. The van der Waals surface area contributed by atoms with Crippen LogP contribution in [0.5, 0.6) is 5.75 Å². The molecule has 0 aliphatic carbocycles. The summed E-state index contributed by atoms with van der Waals surface area (Å²) >= 11 is 1.60. The van der Waals surface area contributed by atoms with Crippen LogP contribution in [-0.4, -0.2) is 34.3 Å². The van der Waals surface area contributed by atoms with Crippen molar-refractivity contribution < 1.29 is 9.53 Å². The standard InChI is InChI=1S/C19H22N4O2S/c1-13-10-14(2)23(22-13)11-18(24)20-9-8-19-21-17(12-26-19)15-4-6-16(25-3)7-5-15/h4-7,10,12H,8-9,11H2,1-3H3,(H,20,24). The number of rotatable bonds is 7. The van der Waals surface area contributed by atoms with E-state index < -0.39 is 0 Å². The zero-order valence-electron chi connectivity index (χ0n) is 15.2. The SMILES string of the molecule is COc1ccc(-c2csc(CCNC(=O)Cn3nc(C)cc3C)n2)cc1. The average molecular weight is 370 g/mol. The molecule has 26 heavy (non-hydrogen) atoms. The Kier molecular flexibility index (Phi) is 5.68. The molecule has 1 N–H and O–H groups in total. The number of aromatic nitrogens is 3. The maximum absolute atomic E-state index is 12.1. The molecule has 0 bridgehead atoms. The zero-order valence-corrected chi connectivity index (χ0v) is 16.0. The first kappa shape index (κ1) is 18.1. The summed E-state index contributed by atoms with van der Waals surface area (Å²) in [7, 11) is 1.65. The molecule has 0 saturated heterocycles. The summed E-state index contributed by atoms with van der Waals surface area (Å²) in [5.74, 6) is 0.790. The third kappa shape index (κ3) is 4.49. The largest absolute Gasteiger partial charge is 0.497 e. The van der Waals surface area contributed by atoms with Crippen LogP contribution in [0.2, 0.25) is 0 Å². The lowest BCUT2D eigenvalue weighted by Gasteiger charge is -2.05. The molecule has 136 valence electrons. The Bertz CT molecular complexity index is 883. The molecule has 0 radical (unpaired) electrons. The third-order valence-electron chi connectivity index (χ3n) is 4.00. The smallest absolute Gasteiger partial charge is 0.241 e. The number of aryl methyl sites for hydroxylation is 2. The highest BCUT2D eigenvalue weighted by molar-refractivity contribution is 7.09. The average Bonchev–Trinajstić information content (AvgIpc) is 3.21. The minimum absolute atomic E-state index is 0.0388. The molecule has 0 saturated carbocycles. The van der Waals surface area contributed by atoms with Gasteiger partial charge in [-0.15, -0.1) is 11.3 Å². The lowest BCUT2D eigenvalue weighted by molar-refractivity contribution is -0.121. The van der Waals surface area contributed by atoms with E-state index in [9.17, 15) is 4.79 Å². The quantitative estimate of drug-likeness (QED) is 0.694. The third-order valence-corrected chi connectivity index (χ3v) is 4.90. The molecule has 2 aromatic heterocycles. The van der Waals surface area contributed by atoms with Crippen molar-refractivity contribution in [1.29, 1.82) is 0 Å². The monoisotopic (exact) mass is 370 g/mol. The van der Waals surface area contributed by atoms with E-state index in [1.54, 1.807) is 23.1 Å². The van der Waals surface area contributed by atoms with Gasteiger partial charge in [0.05, 0.1) is 23.5 Å². The molecular formula is C19H22N4O2S. The number of carbonyl (C=O) groups is 1. The van der Waals surface area contributed by atoms with Gasteiger partial charge < -0.3 is 10.1 Å². The van der Waals surface area contributed by atoms with Crippen molar-refractivity contribution in [2.75, 3.05) is 13.7 Å². The van der Waals surface area contributed by atoms with Crippen LogP contribution < -0.4 is 10.1 Å². The summed E-state index contributed by atoms with van der Waals surface area (Å²) in [5, 5.41) is 10.3. The number of carbonyl (C=O) groups excluding carboxylic acids is 1. The van der Waals surface area contributed by atoms with E-state index in [1.807, 2.05) is 49.6 Å². The highest BCUT2D eigenvalue weighted by Crippen LogP contribution is 2.24. The van der Waals surface area contributed by atoms with E-state index in [4.69, 9.17) is 4.74 Å². The molecule has 3 rings (SSSR count). The zero-order chi connectivity index (χ0) is 18.5. The second kappa shape index (κ2) is 8.14. The van der Waals surface area contributed by atoms with Gasteiger partial charge in [0.25, 0.3) is 0 Å². The van der Waals surface area contributed by atoms with Crippen LogP contribution in [0.3, 0.4) is 0 Å². The summed E-state index contributed by atoms with van der Waals surface area (Å²) in [6.45, 7) is 4.68. The molecule has 1 amide bonds. The Morgan fingerprint density at radius 3 is 2.69 bits per heavy atom. The Labute approximate surface area is 156 Å². The Hall–Kier alpha value is -2.67. The van der Waals surface area contributed by atoms with Gasteiger partial charge in [-0.1, -0.05) is 0 Å². The number of hydrogen-bond donors (Lipinski definition) is 1. The number of thiazole rings is 1. The first-order valence-electron chi connectivity index (χ1n) is 8.42. The van der Waals surface area contributed by atoms with Gasteiger partial charge in [-0.05, 0) is 44.2 Å². The van der Waals surface area contributed by atoms with Crippen LogP contribution >= 0.6 is 11.3 Å². The second-order valence-electron chi connectivity index (χ2n) is 6.04. The van der Waals surface area contributed by atoms with Crippen molar-refractivity contribution in [3.05, 3.63) is 52.1 Å². The van der Waals surface area contributed by atoms with Crippen molar-refractivity contribution in [2.24, 2.45) is 0 Å². The van der Waals surface area contributed by atoms with E-state index in [0.29, 0.717) is 13.0 Å². The molecule has 0 atom stereocenters. The fourth-order valence-electron chi connectivity index (χ4n) is 2.66. The minimum atomic E-state index is -0.0388. The highest BCUT2D eigenvalue weighted by atomic mass is 32.1. The summed E-state index contributed by atoms with van der Waals surface area (Å²) in [6, 6.07) is 9.80. The summed E-state index contributed by atoms with van der Waals surface area (Å²) in [6.07, 6.45) is 0.712. The second-order valence-corrected chi connectivity index (χ2v) is 6.98. The molecule has 7 heteroatoms. The maximum atomic E-state index is 12.1. The van der Waals surface area contributed by atoms with Crippen LogP contribution in [0.4, 0.5) is 0 Å². The number of nitrogens with one attached hydrogen (secondary N) is 1. The van der Waals surface area contributed by atoms with Gasteiger partial charge in [0.15, 0.2) is 0 Å². The lowest BCUT2D eigenvalue weighted by Crippen LogP contribution is -2.30. The summed E-state index contributed by atoms with van der Waals surface area (Å²) in [5.41, 5.74) is 3.91. The molecule has 0 spiro atoms. The lowest BCUT2D eigenvalue weighted by atomic mass is 10.2. The Morgan fingerprint density at radius 2 is 2.04 bits per heavy atom. The van der Waals surface area contributed by atoms with Gasteiger partial charge in [0, 0.05) is 29.6 Å². The van der Waals surface area contributed by atoms with Crippen molar-refractivity contribution in [3.63, 3.8) is 0 Å². The van der Waals surface area contributed by atoms with Gasteiger partial charge in [0.1, 0.15) is 12.3 Å². The van der Waals surface area contributed by atoms with Crippen LogP contribution in [-0.2, 0) is 17.8 Å². The normalized spacial score (nSPS) is 10.7. The minimum Gasteiger partial charge on any atom is -0.497 e. The molecule has 2 heterocycles. The Morgan fingerprint density at radius 1 is 1.27 bits per heavy atom. The molecule has 1 aromatic carbocycles. The van der Waals surface area contributed by atoms with E-state index in [-0.39, 0.29) is 12.5 Å². The van der Waals surface area contributed by atoms with E-state index >= 15 is 0 Å². The van der Waals surface area contributed by atoms with E-state index in [1.165, 1.54) is 0 Å². The van der Waals surface area contributed by atoms with Crippen molar-refractivity contribution in [3.8, 4) is 17.0 Å². The van der Waals surface area contributed by atoms with Crippen LogP contribution in [0.25, 0.3) is 11.3 Å². The predicted molar refractivity (Wildman–Crippen MR) is 103 cm³/mol. The van der Waals surface area contributed by atoms with E-state index in [0.717, 1.165) is 33.4 Å². The molecule has 0 aliphatic rings. The fourth-order valence-corrected chi connectivity index (χ4v) is 3.46. The molecule has 0 fully saturated rings. The maximum Gasteiger partial charge on any atom is 0.241 e. The number of nitrogens with zero attached hydrogens (tertiary/aromatic N) is 3. The molecule has 0 unspecified atom stereocenters. The van der Waals surface area contributed by atoms with Gasteiger partial charge in [-0.2, -0.15) is 5.10 Å². The van der Waals surface area contributed by atoms with Gasteiger partial charge >= 0.3 is 0 Å². The van der Waals surface area contributed by atoms with Crippen LogP contribution in [0, 0.1) is 13.8 Å². The number of methoxy groups -OCH3 is 1. The number of amides is 1. The summed E-state index contributed by atoms with van der Waals surface area (Å²) in [4.78, 5) is 16.7. The number of hydrogen-bond acceptors (Lipinski definition) is 5. The van der Waals surface area contributed by atoms with Gasteiger partial charge in [0.2, 0.25) is 5.91 Å². The number of ether oxygens (including phenoxy) is 1. The van der Waals surface area contributed by atoms with Crippen LogP contribution in [0.15, 0.2) is 35.7 Å². The molecule has 3 aromatic rings. The molecular weight excluding hydrogens is 348 g/mol. The van der Waals surface area contributed by atoms with Gasteiger partial charge in [-0.25, -0.2) is 4.98 Å². The molecule has 6 nitrogen and oxygen atoms in total. The first-order chi connectivity index (χ1) is 12.5. The fraction of sp³-hybridized carbons (Fsp3) is 0.316. The van der Waals surface area contributed by atoms with Crippen molar-refractivity contribution in [2.45, 2.75) is 26.8 Å². The van der Waals surface area contributed by atoms with Crippen LogP contribution in [0.1, 0.15) is 16.4 Å². The highest BCUT2D eigenvalue weighted by Gasteiger charge is 2.08. The topological polar surface area (TPSA) is 69.0 Å². The van der Waals surface area contributed by atoms with Crippen molar-refractivity contribution in [1.82, 2.24) is 20.1 Å². The van der Waals surface area contributed by atoms with Gasteiger partial charge in [-0.3, -0.25) is 9.48 Å². The Balaban J connectivity index is 1.50. The predicted octanol–water partition coefficient (Wildman–Crippen LogP) is 2.99. The van der Waals surface area contributed by atoms with E-state index in [2.05, 4.69) is 15.4 Å². The summed E-state index contributed by atoms with van der Waals surface area (Å²) < 4.78 is 6.89. The first-order valence-corrected chi connectivity index (χ1v) is 9.29.